The van der Waals surface area contributed by atoms with Crippen molar-refractivity contribution in [3.8, 4) is 0 Å². The molecule has 0 radical (unpaired) electrons. The summed E-state index contributed by atoms with van der Waals surface area (Å²) in [7, 11) is 0. The van der Waals surface area contributed by atoms with Gasteiger partial charge in [0.2, 0.25) is 0 Å². The van der Waals surface area contributed by atoms with Crippen LogP contribution in [0.15, 0.2) is 23.0 Å². The van der Waals surface area contributed by atoms with Crippen molar-refractivity contribution in [3.05, 3.63) is 45.9 Å². The Morgan fingerprint density at radius 2 is 1.95 bits per heavy atom. The van der Waals surface area contributed by atoms with Crippen LogP contribution in [-0.4, -0.2) is 17.4 Å². The smallest absolute Gasteiger partial charge is 0.267 e. The molecule has 100 valence electrons. The van der Waals surface area contributed by atoms with Gasteiger partial charge in [-0.1, -0.05) is 6.92 Å². The summed E-state index contributed by atoms with van der Waals surface area (Å²) in [6.07, 6.45) is 0.753. The predicted molar refractivity (Wildman–Crippen MR) is 67.1 cm³/mol. The summed E-state index contributed by atoms with van der Waals surface area (Å²) < 4.78 is 26.2. The highest BCUT2D eigenvalue weighted by molar-refractivity contribution is 5.96. The van der Waals surface area contributed by atoms with Crippen LogP contribution < -0.4 is 10.9 Å². The molecule has 0 fully saturated rings. The van der Waals surface area contributed by atoms with Crippen LogP contribution in [0.2, 0.25) is 0 Å². The van der Waals surface area contributed by atoms with Gasteiger partial charge in [0.05, 0.1) is 5.39 Å². The predicted octanol–water partition coefficient (Wildman–Crippen LogP) is 1.95. The Kier molecular flexibility index (Phi) is 3.59. The van der Waals surface area contributed by atoms with Crippen molar-refractivity contribution >= 4 is 16.7 Å². The number of carbonyl (C=O) groups is 1. The number of carbonyl (C=O) groups excluding carboxylic acids is 1. The first-order chi connectivity index (χ1) is 9.02. The Bertz CT molecular complexity index is 695. The van der Waals surface area contributed by atoms with Crippen molar-refractivity contribution in [2.24, 2.45) is 0 Å². The van der Waals surface area contributed by atoms with E-state index in [4.69, 9.17) is 0 Å². The van der Waals surface area contributed by atoms with Crippen molar-refractivity contribution in [1.29, 1.82) is 0 Å². The fourth-order valence-corrected chi connectivity index (χ4v) is 1.72. The van der Waals surface area contributed by atoms with Gasteiger partial charge in [0, 0.05) is 6.54 Å². The molecular weight excluding hydrogens is 254 g/mol. The van der Waals surface area contributed by atoms with E-state index in [1.165, 1.54) is 6.07 Å². The van der Waals surface area contributed by atoms with Gasteiger partial charge >= 0.3 is 0 Å². The number of nitrogens with one attached hydrogen (secondary N) is 2. The standard InChI is InChI=1S/C13H12F2N2O2/c1-2-3-16-13(19)11-5-7-4-9(14)10(15)6-8(7)12(18)17-11/h4-6H,2-3H2,1H3,(H,16,19)(H,17,18). The molecule has 0 bridgehead atoms. The number of H-pyrrole nitrogens is 1. The summed E-state index contributed by atoms with van der Waals surface area (Å²) in [4.78, 5) is 25.8. The average molecular weight is 266 g/mol. The van der Waals surface area contributed by atoms with Crippen molar-refractivity contribution in [3.63, 3.8) is 0 Å². The molecule has 1 amide bonds. The molecule has 0 spiro atoms. The third-order valence-electron chi connectivity index (χ3n) is 2.67. The van der Waals surface area contributed by atoms with Crippen molar-refractivity contribution < 1.29 is 13.6 Å². The maximum atomic E-state index is 13.1. The van der Waals surface area contributed by atoms with E-state index in [9.17, 15) is 18.4 Å². The number of halogens is 2. The van der Waals surface area contributed by atoms with E-state index < -0.39 is 23.1 Å². The number of rotatable bonds is 3. The van der Waals surface area contributed by atoms with E-state index in [0.29, 0.717) is 6.54 Å². The van der Waals surface area contributed by atoms with E-state index in [2.05, 4.69) is 10.3 Å². The molecule has 0 saturated heterocycles. The largest absolute Gasteiger partial charge is 0.351 e. The second kappa shape index (κ2) is 5.17. The summed E-state index contributed by atoms with van der Waals surface area (Å²) in [5.74, 6) is -2.61. The maximum Gasteiger partial charge on any atom is 0.267 e. The molecule has 0 aliphatic carbocycles. The van der Waals surface area contributed by atoms with Crippen LogP contribution in [0.1, 0.15) is 23.8 Å². The first kappa shape index (κ1) is 13.2. The molecule has 1 aromatic carbocycles. The zero-order valence-corrected chi connectivity index (χ0v) is 10.2. The highest BCUT2D eigenvalue weighted by Crippen LogP contribution is 2.15. The number of fused-ring (bicyclic) bond motifs is 1. The monoisotopic (exact) mass is 266 g/mol. The Morgan fingerprint density at radius 1 is 1.26 bits per heavy atom. The zero-order chi connectivity index (χ0) is 14.0. The lowest BCUT2D eigenvalue weighted by atomic mass is 10.1. The van der Waals surface area contributed by atoms with E-state index in [1.807, 2.05) is 6.92 Å². The molecule has 0 saturated carbocycles. The number of hydrogen-bond acceptors (Lipinski definition) is 2. The van der Waals surface area contributed by atoms with E-state index in [0.717, 1.165) is 18.6 Å². The van der Waals surface area contributed by atoms with Crippen molar-refractivity contribution in [2.75, 3.05) is 6.54 Å². The number of aromatic nitrogens is 1. The van der Waals surface area contributed by atoms with Crippen LogP contribution in [0.4, 0.5) is 8.78 Å². The molecule has 2 aromatic rings. The number of benzene rings is 1. The lowest BCUT2D eigenvalue weighted by molar-refractivity contribution is 0.0948. The minimum absolute atomic E-state index is 0.00550. The normalized spacial score (nSPS) is 10.7. The van der Waals surface area contributed by atoms with Gasteiger partial charge in [-0.15, -0.1) is 0 Å². The van der Waals surface area contributed by atoms with Crippen molar-refractivity contribution in [2.45, 2.75) is 13.3 Å². The van der Waals surface area contributed by atoms with E-state index in [-0.39, 0.29) is 16.5 Å². The highest BCUT2D eigenvalue weighted by Gasteiger charge is 2.11. The Morgan fingerprint density at radius 3 is 2.63 bits per heavy atom. The van der Waals surface area contributed by atoms with Gasteiger partial charge in [-0.3, -0.25) is 9.59 Å². The highest BCUT2D eigenvalue weighted by atomic mass is 19.2. The quantitative estimate of drug-likeness (QED) is 0.891. The fourth-order valence-electron chi connectivity index (χ4n) is 1.72. The van der Waals surface area contributed by atoms with Crippen LogP contribution in [0.3, 0.4) is 0 Å². The summed E-state index contributed by atoms with van der Waals surface area (Å²) in [6, 6.07) is 3.04. The number of pyridine rings is 1. The van der Waals surface area contributed by atoms with Crippen LogP contribution in [-0.2, 0) is 0 Å². The number of aromatic amines is 1. The molecule has 1 heterocycles. The summed E-state index contributed by atoms with van der Waals surface area (Å²) in [5.41, 5.74) is -0.602. The SMILES string of the molecule is CCCNC(=O)c1cc2cc(F)c(F)cc2c(=O)[nH]1. The minimum atomic E-state index is -1.10. The molecule has 0 unspecified atom stereocenters. The van der Waals surface area contributed by atoms with Gasteiger partial charge < -0.3 is 10.3 Å². The molecule has 6 heteroatoms. The van der Waals surface area contributed by atoms with Crippen LogP contribution in [0, 0.1) is 11.6 Å². The van der Waals surface area contributed by atoms with Gasteiger partial charge in [0.15, 0.2) is 11.6 Å². The summed E-state index contributed by atoms with van der Waals surface area (Å²) in [6.45, 7) is 2.36. The minimum Gasteiger partial charge on any atom is -0.351 e. The van der Waals surface area contributed by atoms with Crippen LogP contribution in [0.25, 0.3) is 10.8 Å². The average Bonchev–Trinajstić information content (AvgIpc) is 2.38. The third-order valence-corrected chi connectivity index (χ3v) is 2.67. The van der Waals surface area contributed by atoms with E-state index in [1.54, 1.807) is 0 Å². The summed E-state index contributed by atoms with van der Waals surface area (Å²) in [5, 5.41) is 2.78. The Hall–Kier alpha value is -2.24. The Balaban J connectivity index is 2.52. The summed E-state index contributed by atoms with van der Waals surface area (Å²) >= 11 is 0. The molecular formula is C13H12F2N2O2. The zero-order valence-electron chi connectivity index (χ0n) is 10.2. The molecule has 0 aliphatic heterocycles. The van der Waals surface area contributed by atoms with Gasteiger partial charge in [-0.05, 0) is 30.0 Å². The van der Waals surface area contributed by atoms with Gasteiger partial charge in [0.1, 0.15) is 5.69 Å². The Labute approximate surface area is 107 Å². The van der Waals surface area contributed by atoms with Crippen molar-refractivity contribution in [1.82, 2.24) is 10.3 Å². The molecule has 2 rings (SSSR count). The maximum absolute atomic E-state index is 13.1. The van der Waals surface area contributed by atoms with E-state index >= 15 is 0 Å². The first-order valence-electron chi connectivity index (χ1n) is 5.83. The van der Waals surface area contributed by atoms with Gasteiger partial charge in [-0.25, -0.2) is 8.78 Å². The first-order valence-corrected chi connectivity index (χ1v) is 5.83. The lowest BCUT2D eigenvalue weighted by Crippen LogP contribution is -2.27. The molecule has 1 aromatic heterocycles. The second-order valence-corrected chi connectivity index (χ2v) is 4.12. The molecule has 0 atom stereocenters. The third kappa shape index (κ3) is 2.62. The van der Waals surface area contributed by atoms with Gasteiger partial charge in [0.25, 0.3) is 11.5 Å². The number of amides is 1. The second-order valence-electron chi connectivity index (χ2n) is 4.12. The molecule has 4 nitrogen and oxygen atoms in total. The lowest BCUT2D eigenvalue weighted by Gasteiger charge is -2.05. The number of hydrogen-bond donors (Lipinski definition) is 2. The van der Waals surface area contributed by atoms with Crippen LogP contribution >= 0.6 is 0 Å². The molecule has 19 heavy (non-hydrogen) atoms. The molecule has 2 N–H and O–H groups in total. The topological polar surface area (TPSA) is 62.0 Å². The fraction of sp³-hybridized carbons (Fsp3) is 0.231. The van der Waals surface area contributed by atoms with Gasteiger partial charge in [-0.2, -0.15) is 0 Å². The molecule has 0 aliphatic rings. The van der Waals surface area contributed by atoms with Crippen LogP contribution in [0.5, 0.6) is 0 Å².